The van der Waals surface area contributed by atoms with E-state index in [4.69, 9.17) is 0 Å². The van der Waals surface area contributed by atoms with Gasteiger partial charge in [0.25, 0.3) is 5.56 Å². The molecule has 0 saturated carbocycles. The van der Waals surface area contributed by atoms with Gasteiger partial charge in [0.1, 0.15) is 5.69 Å². The lowest BCUT2D eigenvalue weighted by molar-refractivity contribution is 0.0594. The van der Waals surface area contributed by atoms with E-state index >= 15 is 0 Å². The summed E-state index contributed by atoms with van der Waals surface area (Å²) in [6, 6.07) is 3.09. The highest BCUT2D eigenvalue weighted by Crippen LogP contribution is 2.24. The summed E-state index contributed by atoms with van der Waals surface area (Å²) in [5.41, 5.74) is 2.03. The highest BCUT2D eigenvalue weighted by atomic mass is 16.5. The Morgan fingerprint density at radius 3 is 2.80 bits per heavy atom. The molecule has 0 fully saturated rings. The van der Waals surface area contributed by atoms with Crippen LogP contribution in [0.15, 0.2) is 29.7 Å². The highest BCUT2D eigenvalue weighted by Gasteiger charge is 2.16. The minimum absolute atomic E-state index is 0.141. The summed E-state index contributed by atoms with van der Waals surface area (Å²) >= 11 is 0. The Balaban J connectivity index is 2.77. The molecule has 2 rings (SSSR count). The third-order valence-electron chi connectivity index (χ3n) is 2.86. The van der Waals surface area contributed by atoms with Crippen molar-refractivity contribution in [3.63, 3.8) is 0 Å². The minimum Gasteiger partial charge on any atom is -0.464 e. The Bertz CT molecular complexity index is 735. The smallest absolute Gasteiger partial charge is 0.356 e. The zero-order valence-corrected chi connectivity index (χ0v) is 11.1. The molecular formula is C14H13N3O3. The van der Waals surface area contributed by atoms with Crippen LogP contribution in [0.3, 0.4) is 0 Å². The van der Waals surface area contributed by atoms with Crippen molar-refractivity contribution in [2.45, 2.75) is 6.92 Å². The van der Waals surface area contributed by atoms with Gasteiger partial charge in [0.05, 0.1) is 12.7 Å². The molecule has 0 unspecified atom stereocenters. The number of aromatic nitrogens is 3. The summed E-state index contributed by atoms with van der Waals surface area (Å²) in [7, 11) is 1.28. The van der Waals surface area contributed by atoms with E-state index in [-0.39, 0.29) is 11.3 Å². The van der Waals surface area contributed by atoms with Crippen molar-refractivity contribution < 1.29 is 9.53 Å². The van der Waals surface area contributed by atoms with Crippen molar-refractivity contribution in [3.05, 3.63) is 52.2 Å². The summed E-state index contributed by atoms with van der Waals surface area (Å²) in [5, 5.41) is 6.01. The maximum absolute atomic E-state index is 11.9. The van der Waals surface area contributed by atoms with Crippen LogP contribution in [0.1, 0.15) is 21.7 Å². The summed E-state index contributed by atoms with van der Waals surface area (Å²) in [6.07, 6.45) is 3.07. The van der Waals surface area contributed by atoms with Crippen molar-refractivity contribution in [1.29, 1.82) is 0 Å². The van der Waals surface area contributed by atoms with E-state index < -0.39 is 5.97 Å². The SMILES string of the molecule is C=Cc1c(-c2ccn[nH]c2=O)cc(C(=O)OC)nc1C. The average Bonchev–Trinajstić information content (AvgIpc) is 2.46. The predicted octanol–water partition coefficient (Wildman–Crippen LogP) is 1.57. The molecule has 6 heteroatoms. The van der Waals surface area contributed by atoms with E-state index in [1.54, 1.807) is 19.1 Å². The maximum Gasteiger partial charge on any atom is 0.356 e. The zero-order chi connectivity index (χ0) is 14.7. The van der Waals surface area contributed by atoms with Crippen LogP contribution >= 0.6 is 0 Å². The van der Waals surface area contributed by atoms with Gasteiger partial charge in [0, 0.05) is 17.5 Å². The number of H-pyrrole nitrogens is 1. The molecule has 102 valence electrons. The first-order chi connectivity index (χ1) is 9.58. The van der Waals surface area contributed by atoms with Gasteiger partial charge in [0.2, 0.25) is 0 Å². The molecule has 2 aromatic heterocycles. The molecule has 0 aromatic carbocycles. The first-order valence-corrected chi connectivity index (χ1v) is 5.85. The molecule has 0 amide bonds. The van der Waals surface area contributed by atoms with Gasteiger partial charge in [-0.2, -0.15) is 5.10 Å². The summed E-state index contributed by atoms with van der Waals surface area (Å²) in [5.74, 6) is -0.560. The van der Waals surface area contributed by atoms with Crippen LogP contribution in [0, 0.1) is 6.92 Å². The number of methoxy groups -OCH3 is 1. The second-order valence-corrected chi connectivity index (χ2v) is 4.05. The van der Waals surface area contributed by atoms with Gasteiger partial charge in [-0.25, -0.2) is 14.9 Å². The van der Waals surface area contributed by atoms with E-state index in [0.29, 0.717) is 22.4 Å². The van der Waals surface area contributed by atoms with E-state index in [2.05, 4.69) is 26.5 Å². The normalized spacial score (nSPS) is 10.1. The van der Waals surface area contributed by atoms with E-state index in [1.165, 1.54) is 19.4 Å². The first kappa shape index (κ1) is 13.7. The monoisotopic (exact) mass is 271 g/mol. The number of carbonyl (C=O) groups excluding carboxylic acids is 1. The van der Waals surface area contributed by atoms with Crippen LogP contribution in [0.2, 0.25) is 0 Å². The standard InChI is InChI=1S/C14H13N3O3/c1-4-9-8(2)16-12(14(19)20-3)7-11(9)10-5-6-15-17-13(10)18/h4-7H,1H2,2-3H3,(H,17,18). The fourth-order valence-electron chi connectivity index (χ4n) is 1.93. The lowest BCUT2D eigenvalue weighted by Gasteiger charge is -2.10. The van der Waals surface area contributed by atoms with Crippen LogP contribution in [0.5, 0.6) is 0 Å². The van der Waals surface area contributed by atoms with Gasteiger partial charge < -0.3 is 4.74 Å². The fraction of sp³-hybridized carbons (Fsp3) is 0.143. The van der Waals surface area contributed by atoms with Gasteiger partial charge in [-0.05, 0) is 24.6 Å². The van der Waals surface area contributed by atoms with E-state index in [1.807, 2.05) is 0 Å². The molecule has 0 atom stereocenters. The number of nitrogens with one attached hydrogen (secondary N) is 1. The third-order valence-corrected chi connectivity index (χ3v) is 2.86. The average molecular weight is 271 g/mol. The van der Waals surface area contributed by atoms with E-state index in [0.717, 1.165) is 0 Å². The molecule has 0 spiro atoms. The summed E-state index contributed by atoms with van der Waals surface area (Å²) in [6.45, 7) is 5.46. The zero-order valence-electron chi connectivity index (χ0n) is 11.1. The number of nitrogens with zero attached hydrogens (tertiary/aromatic N) is 2. The second kappa shape index (κ2) is 5.48. The Labute approximate surface area is 115 Å². The largest absolute Gasteiger partial charge is 0.464 e. The lowest BCUT2D eigenvalue weighted by atomic mass is 9.99. The predicted molar refractivity (Wildman–Crippen MR) is 74.3 cm³/mol. The van der Waals surface area contributed by atoms with Crippen molar-refractivity contribution in [2.24, 2.45) is 0 Å². The Morgan fingerprint density at radius 1 is 1.45 bits per heavy atom. The first-order valence-electron chi connectivity index (χ1n) is 5.85. The maximum atomic E-state index is 11.9. The minimum atomic E-state index is -0.560. The molecular weight excluding hydrogens is 258 g/mol. The number of hydrogen-bond donors (Lipinski definition) is 1. The van der Waals surface area contributed by atoms with Crippen molar-refractivity contribution in [3.8, 4) is 11.1 Å². The molecule has 0 radical (unpaired) electrons. The quantitative estimate of drug-likeness (QED) is 0.856. The molecule has 6 nitrogen and oxygen atoms in total. The van der Waals surface area contributed by atoms with Crippen LogP contribution in [0.4, 0.5) is 0 Å². The number of aryl methyl sites for hydroxylation is 1. The molecule has 0 bridgehead atoms. The van der Waals surface area contributed by atoms with Gasteiger partial charge >= 0.3 is 5.97 Å². The second-order valence-electron chi connectivity index (χ2n) is 4.05. The number of ether oxygens (including phenoxy) is 1. The third kappa shape index (κ3) is 2.35. The number of rotatable bonds is 3. The molecule has 0 aliphatic carbocycles. The molecule has 20 heavy (non-hydrogen) atoms. The van der Waals surface area contributed by atoms with Crippen LogP contribution in [0.25, 0.3) is 17.2 Å². The van der Waals surface area contributed by atoms with Crippen LogP contribution in [-0.4, -0.2) is 28.3 Å². The van der Waals surface area contributed by atoms with Gasteiger partial charge in [-0.1, -0.05) is 12.7 Å². The van der Waals surface area contributed by atoms with Gasteiger partial charge in [0.15, 0.2) is 0 Å². The van der Waals surface area contributed by atoms with E-state index in [9.17, 15) is 9.59 Å². The van der Waals surface area contributed by atoms with Crippen LogP contribution in [-0.2, 0) is 4.74 Å². The molecule has 2 heterocycles. The summed E-state index contributed by atoms with van der Waals surface area (Å²) in [4.78, 5) is 27.6. The molecule has 0 saturated heterocycles. The highest BCUT2D eigenvalue weighted by molar-refractivity contribution is 5.90. The fourth-order valence-corrected chi connectivity index (χ4v) is 1.93. The topological polar surface area (TPSA) is 84.9 Å². The van der Waals surface area contributed by atoms with Crippen molar-refractivity contribution in [1.82, 2.24) is 15.2 Å². The number of pyridine rings is 1. The number of esters is 1. The van der Waals surface area contributed by atoms with Gasteiger partial charge in [-0.15, -0.1) is 0 Å². The Hall–Kier alpha value is -2.76. The number of hydrogen-bond acceptors (Lipinski definition) is 5. The van der Waals surface area contributed by atoms with Gasteiger partial charge in [-0.3, -0.25) is 4.79 Å². The molecule has 1 N–H and O–H groups in total. The Morgan fingerprint density at radius 2 is 2.20 bits per heavy atom. The Kier molecular flexibility index (Phi) is 3.74. The van der Waals surface area contributed by atoms with Crippen LogP contribution < -0.4 is 5.56 Å². The molecule has 2 aromatic rings. The lowest BCUT2D eigenvalue weighted by Crippen LogP contribution is -2.13. The number of aromatic amines is 1. The molecule has 0 aliphatic heterocycles. The number of carbonyl (C=O) groups is 1. The molecule has 0 aliphatic rings. The van der Waals surface area contributed by atoms with Crippen molar-refractivity contribution >= 4 is 12.0 Å². The van der Waals surface area contributed by atoms with Crippen molar-refractivity contribution in [2.75, 3.05) is 7.11 Å². The summed E-state index contributed by atoms with van der Waals surface area (Å²) < 4.78 is 4.66.